The van der Waals surface area contributed by atoms with Gasteiger partial charge in [0.15, 0.2) is 6.29 Å². The van der Waals surface area contributed by atoms with E-state index < -0.39 is 6.29 Å². The van der Waals surface area contributed by atoms with Gasteiger partial charge in [0.25, 0.3) is 0 Å². The molecule has 17 heavy (non-hydrogen) atoms. The van der Waals surface area contributed by atoms with Crippen molar-refractivity contribution in [3.8, 4) is 0 Å². The number of hydrogen-bond donors (Lipinski definition) is 0. The predicted octanol–water partition coefficient (Wildman–Crippen LogP) is 2.70. The molecule has 92 valence electrons. The first kappa shape index (κ1) is 12.5. The maximum absolute atomic E-state index is 11.7. The molecule has 0 amide bonds. The van der Waals surface area contributed by atoms with Crippen LogP contribution in [0.25, 0.3) is 0 Å². The first-order valence-electron chi connectivity index (χ1n) is 5.70. The monoisotopic (exact) mass is 252 g/mol. The van der Waals surface area contributed by atoms with Gasteiger partial charge in [0.1, 0.15) is 0 Å². The zero-order chi connectivity index (χ0) is 12.3. The number of benzene rings is 1. The van der Waals surface area contributed by atoms with Crippen molar-refractivity contribution in [1.29, 1.82) is 0 Å². The fraction of sp³-hybridized carbons (Fsp3) is 0.462. The van der Waals surface area contributed by atoms with Crippen LogP contribution in [0.3, 0.4) is 0 Å². The molecule has 2 rings (SSSR count). The van der Waals surface area contributed by atoms with Crippen molar-refractivity contribution >= 4 is 17.7 Å². The molecule has 1 heterocycles. The van der Waals surface area contributed by atoms with Crippen molar-refractivity contribution in [3.05, 3.63) is 30.3 Å². The Morgan fingerprint density at radius 2 is 1.94 bits per heavy atom. The lowest BCUT2D eigenvalue weighted by Crippen LogP contribution is -2.42. The van der Waals surface area contributed by atoms with E-state index in [-0.39, 0.29) is 18.0 Å². The lowest BCUT2D eigenvalue weighted by atomic mass is 10.1. The van der Waals surface area contributed by atoms with Crippen LogP contribution in [-0.4, -0.2) is 24.1 Å². The van der Waals surface area contributed by atoms with E-state index >= 15 is 0 Å². The summed E-state index contributed by atoms with van der Waals surface area (Å²) in [5, 5.41) is 0. The van der Waals surface area contributed by atoms with E-state index in [1.165, 1.54) is 0 Å². The fourth-order valence-electron chi connectivity index (χ4n) is 1.77. The third-order valence-electron chi connectivity index (χ3n) is 2.73. The van der Waals surface area contributed by atoms with E-state index in [9.17, 15) is 4.79 Å². The second-order valence-corrected chi connectivity index (χ2v) is 5.17. The number of esters is 1. The Morgan fingerprint density at radius 1 is 1.24 bits per heavy atom. The third-order valence-corrected chi connectivity index (χ3v) is 3.86. The molecule has 0 spiro atoms. The van der Waals surface area contributed by atoms with Gasteiger partial charge >= 0.3 is 5.97 Å². The number of thioether (sulfide) groups is 1. The normalized spacial score (nSPS) is 28.8. The Labute approximate surface area is 105 Å². The number of carbonyl (C=O) groups is 1. The van der Waals surface area contributed by atoms with Crippen molar-refractivity contribution in [2.24, 2.45) is 5.92 Å². The largest absolute Gasteiger partial charge is 0.436 e. The second-order valence-electron chi connectivity index (χ2n) is 4.08. The molecule has 1 aliphatic heterocycles. The minimum atomic E-state index is -0.421. The SMILES string of the molecule is C[C@H]1OC(=O)[C@@H](CSc2ccccc2)[C@H](C)O1. The van der Waals surface area contributed by atoms with E-state index in [0.29, 0.717) is 5.75 Å². The molecule has 4 heteroatoms. The lowest BCUT2D eigenvalue weighted by molar-refractivity contribution is -0.219. The van der Waals surface area contributed by atoms with E-state index in [2.05, 4.69) is 0 Å². The zero-order valence-electron chi connectivity index (χ0n) is 9.96. The third kappa shape index (κ3) is 3.23. The lowest BCUT2D eigenvalue weighted by Gasteiger charge is -2.31. The van der Waals surface area contributed by atoms with Gasteiger partial charge in [-0.1, -0.05) is 18.2 Å². The molecule has 0 N–H and O–H groups in total. The highest BCUT2D eigenvalue weighted by molar-refractivity contribution is 7.99. The standard InChI is InChI=1S/C13H16O3S/c1-9-12(13(14)16-10(2)15-9)8-17-11-6-4-3-5-7-11/h3-7,9-10,12H,8H2,1-2H3/t9-,10+,12-/m0/s1. The molecule has 1 fully saturated rings. The molecule has 1 saturated heterocycles. The van der Waals surface area contributed by atoms with Crippen molar-refractivity contribution in [1.82, 2.24) is 0 Å². The van der Waals surface area contributed by atoms with Crippen LogP contribution in [0.15, 0.2) is 35.2 Å². The molecule has 0 radical (unpaired) electrons. The van der Waals surface area contributed by atoms with E-state index in [1.807, 2.05) is 37.3 Å². The van der Waals surface area contributed by atoms with Crippen molar-refractivity contribution in [3.63, 3.8) is 0 Å². The van der Waals surface area contributed by atoms with Gasteiger partial charge in [-0.05, 0) is 26.0 Å². The molecule has 1 aromatic rings. The summed E-state index contributed by atoms with van der Waals surface area (Å²) in [7, 11) is 0. The van der Waals surface area contributed by atoms with Crippen LogP contribution in [0.4, 0.5) is 0 Å². The molecular weight excluding hydrogens is 236 g/mol. The molecule has 1 aromatic carbocycles. The first-order valence-corrected chi connectivity index (χ1v) is 6.69. The van der Waals surface area contributed by atoms with Crippen molar-refractivity contribution < 1.29 is 14.3 Å². The summed E-state index contributed by atoms with van der Waals surface area (Å²) >= 11 is 1.65. The topological polar surface area (TPSA) is 35.5 Å². The highest BCUT2D eigenvalue weighted by Gasteiger charge is 2.34. The fourth-order valence-corrected chi connectivity index (χ4v) is 2.90. The van der Waals surface area contributed by atoms with Gasteiger partial charge in [0.2, 0.25) is 0 Å². The summed E-state index contributed by atoms with van der Waals surface area (Å²) < 4.78 is 10.6. The van der Waals surface area contributed by atoms with Gasteiger partial charge in [-0.2, -0.15) is 0 Å². The second kappa shape index (κ2) is 5.56. The van der Waals surface area contributed by atoms with Crippen LogP contribution >= 0.6 is 11.8 Å². The van der Waals surface area contributed by atoms with Crippen LogP contribution in [0.1, 0.15) is 13.8 Å². The van der Waals surface area contributed by atoms with Gasteiger partial charge in [0, 0.05) is 10.6 Å². The molecule has 3 nitrogen and oxygen atoms in total. The quantitative estimate of drug-likeness (QED) is 0.612. The van der Waals surface area contributed by atoms with Crippen LogP contribution in [-0.2, 0) is 14.3 Å². The molecule has 0 bridgehead atoms. The number of hydrogen-bond acceptors (Lipinski definition) is 4. The summed E-state index contributed by atoms with van der Waals surface area (Å²) in [5.41, 5.74) is 0. The number of ether oxygens (including phenoxy) is 2. The Kier molecular flexibility index (Phi) is 4.07. The highest BCUT2D eigenvalue weighted by Crippen LogP contribution is 2.27. The highest BCUT2D eigenvalue weighted by atomic mass is 32.2. The minimum Gasteiger partial charge on any atom is -0.436 e. The van der Waals surface area contributed by atoms with E-state index in [1.54, 1.807) is 18.7 Å². The van der Waals surface area contributed by atoms with Gasteiger partial charge in [0.05, 0.1) is 12.0 Å². The Bertz CT molecular complexity index is 380. The van der Waals surface area contributed by atoms with Crippen molar-refractivity contribution in [2.75, 3.05) is 5.75 Å². The Morgan fingerprint density at radius 3 is 2.59 bits per heavy atom. The van der Waals surface area contributed by atoms with Gasteiger partial charge in [-0.15, -0.1) is 11.8 Å². The zero-order valence-corrected chi connectivity index (χ0v) is 10.8. The van der Waals surface area contributed by atoms with Crippen molar-refractivity contribution in [2.45, 2.75) is 31.1 Å². The Balaban J connectivity index is 1.92. The molecule has 0 saturated carbocycles. The molecular formula is C13H16O3S. The average Bonchev–Trinajstić information content (AvgIpc) is 2.29. The summed E-state index contributed by atoms with van der Waals surface area (Å²) in [6, 6.07) is 10.0. The molecule has 0 unspecified atom stereocenters. The van der Waals surface area contributed by atoms with Gasteiger partial charge in [-0.3, -0.25) is 4.79 Å². The number of rotatable bonds is 3. The summed E-state index contributed by atoms with van der Waals surface area (Å²) in [4.78, 5) is 12.9. The molecule has 3 atom stereocenters. The van der Waals surface area contributed by atoms with Gasteiger partial charge < -0.3 is 9.47 Å². The molecule has 1 aliphatic rings. The van der Waals surface area contributed by atoms with E-state index in [4.69, 9.17) is 9.47 Å². The summed E-state index contributed by atoms with van der Waals surface area (Å²) in [6.45, 7) is 3.67. The summed E-state index contributed by atoms with van der Waals surface area (Å²) in [5.74, 6) is 0.354. The van der Waals surface area contributed by atoms with Crippen LogP contribution in [0, 0.1) is 5.92 Å². The van der Waals surface area contributed by atoms with Gasteiger partial charge in [-0.25, -0.2) is 0 Å². The molecule has 0 aliphatic carbocycles. The maximum Gasteiger partial charge on any atom is 0.314 e. The van der Waals surface area contributed by atoms with Crippen LogP contribution in [0.2, 0.25) is 0 Å². The average molecular weight is 252 g/mol. The van der Waals surface area contributed by atoms with Crippen LogP contribution < -0.4 is 0 Å². The molecule has 0 aromatic heterocycles. The first-order chi connectivity index (χ1) is 8.16. The minimum absolute atomic E-state index is 0.0811. The Hall–Kier alpha value is -1.00. The maximum atomic E-state index is 11.7. The summed E-state index contributed by atoms with van der Waals surface area (Å²) in [6.07, 6.45) is -0.502. The predicted molar refractivity (Wildman–Crippen MR) is 66.8 cm³/mol. The van der Waals surface area contributed by atoms with E-state index in [0.717, 1.165) is 4.90 Å². The van der Waals surface area contributed by atoms with Crippen LogP contribution in [0.5, 0.6) is 0 Å². The number of cyclic esters (lactones) is 1. The number of carbonyl (C=O) groups excluding carboxylic acids is 1. The smallest absolute Gasteiger partial charge is 0.314 e.